The SMILES string of the molecule is Cc1ccc(NC(=O)[C@H](C)N2NCC(Cl)C(Cl)C2=O)cc1S(=O)(=O)N1CCCCCC1. The molecule has 31 heavy (non-hydrogen) atoms. The molecule has 2 N–H and O–H groups in total. The molecule has 0 bridgehead atoms. The minimum atomic E-state index is -3.66. The van der Waals surface area contributed by atoms with E-state index in [4.69, 9.17) is 23.2 Å². The number of anilines is 1. The highest BCUT2D eigenvalue weighted by atomic mass is 35.5. The minimum Gasteiger partial charge on any atom is -0.324 e. The Bertz CT molecular complexity index is 935. The molecule has 2 aliphatic heterocycles. The summed E-state index contributed by atoms with van der Waals surface area (Å²) in [6, 6.07) is 3.92. The molecule has 2 fully saturated rings. The third kappa shape index (κ3) is 5.34. The molecule has 0 aromatic heterocycles. The summed E-state index contributed by atoms with van der Waals surface area (Å²) in [5.41, 5.74) is 3.77. The summed E-state index contributed by atoms with van der Waals surface area (Å²) < 4.78 is 27.9. The summed E-state index contributed by atoms with van der Waals surface area (Å²) in [7, 11) is -3.66. The van der Waals surface area contributed by atoms with Crippen molar-refractivity contribution in [2.45, 2.75) is 61.2 Å². The van der Waals surface area contributed by atoms with E-state index >= 15 is 0 Å². The lowest BCUT2D eigenvalue weighted by Gasteiger charge is -2.36. The molecule has 8 nitrogen and oxygen atoms in total. The summed E-state index contributed by atoms with van der Waals surface area (Å²) in [6.07, 6.45) is 3.73. The topological polar surface area (TPSA) is 98.8 Å². The minimum absolute atomic E-state index is 0.179. The van der Waals surface area contributed by atoms with E-state index in [9.17, 15) is 18.0 Å². The van der Waals surface area contributed by atoms with Crippen LogP contribution in [-0.4, -0.2) is 66.0 Å². The number of carbonyl (C=O) groups is 2. The highest BCUT2D eigenvalue weighted by Crippen LogP contribution is 2.26. The van der Waals surface area contributed by atoms with Crippen molar-refractivity contribution in [1.29, 1.82) is 0 Å². The van der Waals surface area contributed by atoms with Crippen LogP contribution < -0.4 is 10.7 Å². The summed E-state index contributed by atoms with van der Waals surface area (Å²) in [4.78, 5) is 25.3. The second kappa shape index (κ2) is 10.0. The van der Waals surface area contributed by atoms with Gasteiger partial charge in [0.25, 0.3) is 5.91 Å². The maximum absolute atomic E-state index is 13.2. The van der Waals surface area contributed by atoms with Crippen LogP contribution in [0.15, 0.2) is 23.1 Å². The van der Waals surface area contributed by atoms with E-state index in [2.05, 4.69) is 10.7 Å². The number of hydrogen-bond acceptors (Lipinski definition) is 5. The molecule has 0 radical (unpaired) electrons. The number of hydrazine groups is 1. The average molecular weight is 491 g/mol. The van der Waals surface area contributed by atoms with Gasteiger partial charge in [-0.1, -0.05) is 18.9 Å². The fourth-order valence-electron chi connectivity index (χ4n) is 3.72. The predicted octanol–water partition coefficient (Wildman–Crippen LogP) is 2.45. The van der Waals surface area contributed by atoms with Crippen LogP contribution in [0.5, 0.6) is 0 Å². The van der Waals surface area contributed by atoms with E-state index in [1.165, 1.54) is 10.4 Å². The van der Waals surface area contributed by atoms with Gasteiger partial charge in [0.1, 0.15) is 11.4 Å². The van der Waals surface area contributed by atoms with Crippen molar-refractivity contribution in [3.8, 4) is 0 Å². The molecule has 2 heterocycles. The van der Waals surface area contributed by atoms with Crippen molar-refractivity contribution >= 4 is 50.7 Å². The Hall–Kier alpha value is -1.39. The van der Waals surface area contributed by atoms with E-state index in [-0.39, 0.29) is 11.4 Å². The highest BCUT2D eigenvalue weighted by Gasteiger charge is 2.38. The number of halogens is 2. The Labute approximate surface area is 193 Å². The Morgan fingerprint density at radius 3 is 2.48 bits per heavy atom. The molecular weight excluding hydrogens is 463 g/mol. The molecule has 0 saturated carbocycles. The fourth-order valence-corrected chi connectivity index (χ4v) is 5.86. The first-order valence-corrected chi connectivity index (χ1v) is 12.7. The molecule has 0 aliphatic carbocycles. The van der Waals surface area contributed by atoms with E-state index in [1.54, 1.807) is 26.0 Å². The van der Waals surface area contributed by atoms with Crippen LogP contribution in [-0.2, 0) is 19.6 Å². The molecular formula is C20H28Cl2N4O4S. The van der Waals surface area contributed by atoms with Gasteiger partial charge in [-0.15, -0.1) is 23.2 Å². The zero-order chi connectivity index (χ0) is 22.8. The Morgan fingerprint density at radius 2 is 1.84 bits per heavy atom. The molecule has 2 unspecified atom stereocenters. The number of aryl methyl sites for hydroxylation is 1. The molecule has 0 spiro atoms. The summed E-state index contributed by atoms with van der Waals surface area (Å²) >= 11 is 12.0. The number of nitrogens with zero attached hydrogens (tertiary/aromatic N) is 2. The Morgan fingerprint density at radius 1 is 1.19 bits per heavy atom. The zero-order valence-electron chi connectivity index (χ0n) is 17.6. The fraction of sp³-hybridized carbons (Fsp3) is 0.600. The van der Waals surface area contributed by atoms with Crippen molar-refractivity contribution < 1.29 is 18.0 Å². The third-order valence-corrected chi connectivity index (χ3v) is 8.72. The van der Waals surface area contributed by atoms with E-state index in [1.807, 2.05) is 0 Å². The number of amides is 2. The van der Waals surface area contributed by atoms with E-state index in [0.29, 0.717) is 24.3 Å². The van der Waals surface area contributed by atoms with Crippen LogP contribution in [0.1, 0.15) is 38.2 Å². The first-order valence-electron chi connectivity index (χ1n) is 10.4. The lowest BCUT2D eigenvalue weighted by molar-refractivity contribution is -0.143. The van der Waals surface area contributed by atoms with Crippen molar-refractivity contribution in [3.63, 3.8) is 0 Å². The molecule has 2 amide bonds. The van der Waals surface area contributed by atoms with Crippen LogP contribution in [0, 0.1) is 6.92 Å². The quantitative estimate of drug-likeness (QED) is 0.617. The van der Waals surface area contributed by atoms with Crippen molar-refractivity contribution in [2.75, 3.05) is 25.0 Å². The molecule has 1 aromatic rings. The van der Waals surface area contributed by atoms with Crippen molar-refractivity contribution in [1.82, 2.24) is 14.7 Å². The number of rotatable bonds is 5. The van der Waals surface area contributed by atoms with Gasteiger partial charge in [-0.05, 0) is 44.4 Å². The van der Waals surface area contributed by atoms with Gasteiger partial charge in [0, 0.05) is 25.3 Å². The Balaban J connectivity index is 1.77. The number of benzene rings is 1. The smallest absolute Gasteiger partial charge is 0.257 e. The number of nitrogens with one attached hydrogen (secondary N) is 2. The normalized spacial score (nSPS) is 24.5. The maximum atomic E-state index is 13.2. The second-order valence-corrected chi connectivity index (χ2v) is 10.9. The van der Waals surface area contributed by atoms with Crippen LogP contribution in [0.3, 0.4) is 0 Å². The second-order valence-electron chi connectivity index (χ2n) is 7.95. The Kier molecular flexibility index (Phi) is 7.86. The molecule has 1 aromatic carbocycles. The lowest BCUT2D eigenvalue weighted by Crippen LogP contribution is -2.62. The van der Waals surface area contributed by atoms with E-state index < -0.39 is 38.6 Å². The van der Waals surface area contributed by atoms with Gasteiger partial charge < -0.3 is 5.32 Å². The van der Waals surface area contributed by atoms with Gasteiger partial charge >= 0.3 is 0 Å². The number of sulfonamides is 1. The van der Waals surface area contributed by atoms with Crippen LogP contribution in [0.25, 0.3) is 0 Å². The van der Waals surface area contributed by atoms with Gasteiger partial charge in [-0.3, -0.25) is 14.6 Å². The van der Waals surface area contributed by atoms with Gasteiger partial charge in [0.15, 0.2) is 0 Å². The molecule has 2 aliphatic rings. The summed E-state index contributed by atoms with van der Waals surface area (Å²) in [6.45, 7) is 4.54. The number of hydrogen-bond donors (Lipinski definition) is 2. The zero-order valence-corrected chi connectivity index (χ0v) is 19.9. The lowest BCUT2D eigenvalue weighted by atomic mass is 10.2. The molecule has 2 saturated heterocycles. The van der Waals surface area contributed by atoms with Crippen molar-refractivity contribution in [2.24, 2.45) is 0 Å². The third-order valence-electron chi connectivity index (χ3n) is 5.65. The molecule has 3 rings (SSSR count). The highest BCUT2D eigenvalue weighted by molar-refractivity contribution is 7.89. The monoisotopic (exact) mass is 490 g/mol. The summed E-state index contributed by atoms with van der Waals surface area (Å²) in [5.74, 6) is -0.955. The van der Waals surface area contributed by atoms with Gasteiger partial charge in [-0.25, -0.2) is 13.8 Å². The first-order chi connectivity index (χ1) is 14.6. The van der Waals surface area contributed by atoms with Crippen LogP contribution in [0.2, 0.25) is 0 Å². The van der Waals surface area contributed by atoms with Crippen LogP contribution in [0.4, 0.5) is 5.69 Å². The standard InChI is InChI=1S/C20H28Cl2N4O4S/c1-13-7-8-15(11-17(13)31(29,30)25-9-5-3-4-6-10-25)24-19(27)14(2)26-20(28)18(22)16(21)12-23-26/h7-8,11,14,16,18,23H,3-6,9-10,12H2,1-2H3,(H,24,27)/t14-,16?,18?/m0/s1. The molecule has 3 atom stereocenters. The molecule has 11 heteroatoms. The van der Waals surface area contributed by atoms with E-state index in [0.717, 1.165) is 30.7 Å². The maximum Gasteiger partial charge on any atom is 0.257 e. The number of alkyl halides is 2. The first kappa shape index (κ1) is 24.3. The van der Waals surface area contributed by atoms with Gasteiger partial charge in [0.05, 0.1) is 10.3 Å². The molecule has 172 valence electrons. The van der Waals surface area contributed by atoms with Crippen LogP contribution >= 0.6 is 23.2 Å². The van der Waals surface area contributed by atoms with Gasteiger partial charge in [-0.2, -0.15) is 4.31 Å². The van der Waals surface area contributed by atoms with Crippen molar-refractivity contribution in [3.05, 3.63) is 23.8 Å². The summed E-state index contributed by atoms with van der Waals surface area (Å²) in [5, 5.41) is 2.38. The predicted molar refractivity (Wildman–Crippen MR) is 121 cm³/mol. The van der Waals surface area contributed by atoms with Gasteiger partial charge in [0.2, 0.25) is 15.9 Å². The largest absolute Gasteiger partial charge is 0.324 e. The number of carbonyl (C=O) groups excluding carboxylic acids is 2. The average Bonchev–Trinajstić information content (AvgIpc) is 3.03.